The molecule has 1 amide bonds. The van der Waals surface area contributed by atoms with E-state index in [0.29, 0.717) is 17.9 Å². The summed E-state index contributed by atoms with van der Waals surface area (Å²) in [5, 5.41) is 0. The predicted octanol–water partition coefficient (Wildman–Crippen LogP) is 3.21. The highest BCUT2D eigenvalue weighted by Crippen LogP contribution is 2.40. The van der Waals surface area contributed by atoms with Gasteiger partial charge in [0.2, 0.25) is 5.91 Å². The molecular weight excluding hydrogens is 376 g/mol. The van der Waals surface area contributed by atoms with Crippen LogP contribution in [0.3, 0.4) is 0 Å². The molecule has 1 fully saturated rings. The maximum absolute atomic E-state index is 13.2. The molecule has 0 N–H and O–H groups in total. The van der Waals surface area contributed by atoms with Gasteiger partial charge in [0.15, 0.2) is 0 Å². The smallest absolute Gasteiger partial charge is 0.264 e. The van der Waals surface area contributed by atoms with Gasteiger partial charge in [-0.05, 0) is 62.1 Å². The molecule has 0 saturated heterocycles. The molecule has 1 aliphatic heterocycles. The number of rotatable bonds is 5. The summed E-state index contributed by atoms with van der Waals surface area (Å²) in [6.07, 6.45) is 2.57. The molecule has 2 aromatic rings. The summed E-state index contributed by atoms with van der Waals surface area (Å²) in [5.74, 6) is 0.783. The van der Waals surface area contributed by atoms with Crippen LogP contribution in [0, 0.1) is 5.92 Å². The molecule has 0 aromatic heterocycles. The third-order valence-corrected chi connectivity index (χ3v) is 7.28. The monoisotopic (exact) mass is 400 g/mol. The number of para-hydroxylation sites is 2. The molecular formula is C21H24N2O4S. The normalized spacial score (nSPS) is 18.7. The van der Waals surface area contributed by atoms with E-state index < -0.39 is 10.0 Å². The zero-order valence-corrected chi connectivity index (χ0v) is 17.1. The van der Waals surface area contributed by atoms with Gasteiger partial charge in [0.05, 0.1) is 17.7 Å². The highest BCUT2D eigenvalue weighted by atomic mass is 32.2. The van der Waals surface area contributed by atoms with Gasteiger partial charge in [-0.2, -0.15) is 0 Å². The highest BCUT2D eigenvalue weighted by molar-refractivity contribution is 7.92. The minimum Gasteiger partial charge on any atom is -0.495 e. The van der Waals surface area contributed by atoms with Crippen LogP contribution in [-0.2, 0) is 21.2 Å². The minimum atomic E-state index is -3.76. The number of anilines is 2. The van der Waals surface area contributed by atoms with Gasteiger partial charge in [0.25, 0.3) is 10.0 Å². The fraction of sp³-hybridized carbons (Fsp3) is 0.381. The zero-order valence-electron chi connectivity index (χ0n) is 16.3. The molecule has 1 atom stereocenters. The highest BCUT2D eigenvalue weighted by Gasteiger charge is 2.40. The third-order valence-electron chi connectivity index (χ3n) is 5.51. The van der Waals surface area contributed by atoms with Crippen molar-refractivity contribution in [1.82, 2.24) is 0 Å². The molecule has 1 aliphatic carbocycles. The molecule has 0 unspecified atom stereocenters. The lowest BCUT2D eigenvalue weighted by Gasteiger charge is -2.23. The first kappa shape index (κ1) is 18.8. The number of nitrogens with zero attached hydrogens (tertiary/aromatic N) is 2. The van der Waals surface area contributed by atoms with Crippen molar-refractivity contribution in [3.05, 3.63) is 48.0 Å². The maximum Gasteiger partial charge on any atom is 0.264 e. The van der Waals surface area contributed by atoms with Gasteiger partial charge in [-0.15, -0.1) is 0 Å². The molecule has 0 bridgehead atoms. The third kappa shape index (κ3) is 3.03. The van der Waals surface area contributed by atoms with E-state index in [4.69, 9.17) is 4.74 Å². The van der Waals surface area contributed by atoms with Crippen molar-refractivity contribution in [2.75, 3.05) is 23.4 Å². The summed E-state index contributed by atoms with van der Waals surface area (Å²) in [7, 11) is -0.720. The summed E-state index contributed by atoms with van der Waals surface area (Å²) in [4.78, 5) is 14.7. The Labute approximate surface area is 165 Å². The number of methoxy groups -OCH3 is 1. The lowest BCUT2D eigenvalue weighted by Crippen LogP contribution is -2.36. The van der Waals surface area contributed by atoms with Crippen LogP contribution in [0.25, 0.3) is 0 Å². The zero-order chi connectivity index (χ0) is 20.1. The topological polar surface area (TPSA) is 66.9 Å². The number of hydrogen-bond acceptors (Lipinski definition) is 4. The molecule has 1 saturated carbocycles. The van der Waals surface area contributed by atoms with E-state index in [1.807, 2.05) is 11.8 Å². The first-order chi connectivity index (χ1) is 13.3. The molecule has 1 heterocycles. The molecule has 4 rings (SSSR count). The molecule has 0 radical (unpaired) electrons. The minimum absolute atomic E-state index is 0.0491. The number of amides is 1. The standard InChI is InChI=1S/C21H24N2O4S/c1-14-12-16-13-17(10-11-18(16)23(14)21(24)15-8-9-15)28(25,26)22(2)19-6-4-5-7-20(19)27-3/h4-7,10-11,13-15H,8-9,12H2,1-3H3/t14-/m0/s1. The van der Waals surface area contributed by atoms with Gasteiger partial charge < -0.3 is 9.64 Å². The Hall–Kier alpha value is -2.54. The van der Waals surface area contributed by atoms with E-state index >= 15 is 0 Å². The molecule has 2 aliphatic rings. The molecule has 0 spiro atoms. The first-order valence-corrected chi connectivity index (χ1v) is 10.9. The maximum atomic E-state index is 13.2. The van der Waals surface area contributed by atoms with E-state index in [9.17, 15) is 13.2 Å². The van der Waals surface area contributed by atoms with Crippen LogP contribution in [0.1, 0.15) is 25.3 Å². The number of ether oxygens (including phenoxy) is 1. The molecule has 148 valence electrons. The van der Waals surface area contributed by atoms with Gasteiger partial charge in [-0.3, -0.25) is 9.10 Å². The Bertz CT molecular complexity index is 1030. The molecule has 6 nitrogen and oxygen atoms in total. The summed E-state index contributed by atoms with van der Waals surface area (Å²) in [6.45, 7) is 2.01. The molecule has 7 heteroatoms. The van der Waals surface area contributed by atoms with E-state index in [1.54, 1.807) is 42.5 Å². The van der Waals surface area contributed by atoms with Crippen LogP contribution in [-0.4, -0.2) is 34.5 Å². The van der Waals surface area contributed by atoms with Gasteiger partial charge >= 0.3 is 0 Å². The fourth-order valence-corrected chi connectivity index (χ4v) is 5.07. The quantitative estimate of drug-likeness (QED) is 0.773. The average molecular weight is 401 g/mol. The average Bonchev–Trinajstić information content (AvgIpc) is 3.48. The summed E-state index contributed by atoms with van der Waals surface area (Å²) in [6, 6.07) is 12.1. The van der Waals surface area contributed by atoms with E-state index in [2.05, 4.69) is 0 Å². The van der Waals surface area contributed by atoms with Crippen LogP contribution in [0.5, 0.6) is 5.75 Å². The SMILES string of the molecule is COc1ccccc1N(C)S(=O)(=O)c1ccc2c(c1)C[C@H](C)N2C(=O)C1CC1. The van der Waals surface area contributed by atoms with Crippen molar-refractivity contribution in [1.29, 1.82) is 0 Å². The van der Waals surface area contributed by atoms with E-state index in [-0.39, 0.29) is 22.8 Å². The van der Waals surface area contributed by atoms with Gasteiger partial charge in [-0.1, -0.05) is 12.1 Å². The lowest BCUT2D eigenvalue weighted by atomic mass is 10.1. The molecule has 28 heavy (non-hydrogen) atoms. The van der Waals surface area contributed by atoms with Crippen molar-refractivity contribution >= 4 is 27.3 Å². The number of hydrogen-bond donors (Lipinski definition) is 0. The lowest BCUT2D eigenvalue weighted by molar-refractivity contribution is -0.120. The second-order valence-electron chi connectivity index (χ2n) is 7.47. The molecule has 2 aromatic carbocycles. The van der Waals surface area contributed by atoms with Crippen molar-refractivity contribution in [2.24, 2.45) is 5.92 Å². The van der Waals surface area contributed by atoms with Gasteiger partial charge in [-0.25, -0.2) is 8.42 Å². The fourth-order valence-electron chi connectivity index (χ4n) is 3.81. The van der Waals surface area contributed by atoms with Crippen LogP contribution >= 0.6 is 0 Å². The number of carbonyl (C=O) groups is 1. The Kier molecular flexibility index (Phi) is 4.57. The van der Waals surface area contributed by atoms with Crippen molar-refractivity contribution < 1.29 is 17.9 Å². The number of carbonyl (C=O) groups excluding carboxylic acids is 1. The van der Waals surface area contributed by atoms with Crippen molar-refractivity contribution in [3.63, 3.8) is 0 Å². The summed E-state index contributed by atoms with van der Waals surface area (Å²) in [5.41, 5.74) is 2.21. The first-order valence-electron chi connectivity index (χ1n) is 9.42. The Morgan fingerprint density at radius 1 is 1.18 bits per heavy atom. The van der Waals surface area contributed by atoms with Crippen LogP contribution in [0.2, 0.25) is 0 Å². The Morgan fingerprint density at radius 3 is 2.57 bits per heavy atom. The van der Waals surface area contributed by atoms with E-state index in [1.165, 1.54) is 18.5 Å². The number of benzene rings is 2. The second kappa shape index (κ2) is 6.81. The van der Waals surface area contributed by atoms with Crippen molar-refractivity contribution in [3.8, 4) is 5.75 Å². The predicted molar refractivity (Wildman–Crippen MR) is 108 cm³/mol. The van der Waals surface area contributed by atoms with Gasteiger partial charge in [0, 0.05) is 24.7 Å². The van der Waals surface area contributed by atoms with Crippen LogP contribution in [0.15, 0.2) is 47.4 Å². The largest absolute Gasteiger partial charge is 0.495 e. The van der Waals surface area contributed by atoms with E-state index in [0.717, 1.165) is 24.1 Å². The summed E-state index contributed by atoms with van der Waals surface area (Å²) >= 11 is 0. The van der Waals surface area contributed by atoms with Crippen LogP contribution < -0.4 is 13.9 Å². The number of fused-ring (bicyclic) bond motifs is 1. The number of sulfonamides is 1. The second-order valence-corrected chi connectivity index (χ2v) is 9.44. The Morgan fingerprint density at radius 2 is 1.89 bits per heavy atom. The Balaban J connectivity index is 1.68. The van der Waals surface area contributed by atoms with Crippen molar-refractivity contribution in [2.45, 2.75) is 37.1 Å². The van der Waals surface area contributed by atoms with Crippen LogP contribution in [0.4, 0.5) is 11.4 Å². The van der Waals surface area contributed by atoms with Gasteiger partial charge in [0.1, 0.15) is 5.75 Å². The summed E-state index contributed by atoms with van der Waals surface area (Å²) < 4.78 is 33.0.